The Labute approximate surface area is 201 Å². The molecule has 2 amide bonds. The molecule has 0 aliphatic heterocycles. The van der Waals surface area contributed by atoms with Crippen molar-refractivity contribution < 1.29 is 4.79 Å². The molecule has 2 N–H and O–H groups in total. The molecule has 0 unspecified atom stereocenters. The molecule has 1 aliphatic carbocycles. The minimum atomic E-state index is -0.142. The van der Waals surface area contributed by atoms with Crippen molar-refractivity contribution >= 4 is 34.5 Å². The molecule has 5 nitrogen and oxygen atoms in total. The number of para-hydroxylation sites is 1. The number of pyridine rings is 1. The van der Waals surface area contributed by atoms with E-state index in [2.05, 4.69) is 79.6 Å². The van der Waals surface area contributed by atoms with E-state index in [4.69, 9.17) is 4.98 Å². The van der Waals surface area contributed by atoms with Crippen molar-refractivity contribution in [3.63, 3.8) is 0 Å². The average molecular weight is 465 g/mol. The summed E-state index contributed by atoms with van der Waals surface area (Å²) in [5.74, 6) is 0.671. The number of thioether (sulfide) groups is 1. The Hall–Kier alpha value is -2.47. The minimum absolute atomic E-state index is 0.134. The van der Waals surface area contributed by atoms with Gasteiger partial charge in [-0.05, 0) is 54.2 Å². The molecular weight excluding hydrogens is 428 g/mol. The number of rotatable bonds is 7. The van der Waals surface area contributed by atoms with Gasteiger partial charge in [-0.15, -0.1) is 11.8 Å². The van der Waals surface area contributed by atoms with Crippen LogP contribution in [0.4, 0.5) is 10.5 Å². The smallest absolute Gasteiger partial charge is 0.319 e. The molecule has 0 bridgehead atoms. The number of urea groups is 1. The number of benzene rings is 1. The SMILES string of the molecule is CSc1cn(C2(CNC(=O)Nc3c(C(C)C)cccc3C(C)C)CCCC2)c2ncccc12. The molecule has 1 saturated carbocycles. The molecule has 6 heteroatoms. The number of nitrogens with one attached hydrogen (secondary N) is 2. The van der Waals surface area contributed by atoms with E-state index >= 15 is 0 Å². The number of hydrogen-bond donors (Lipinski definition) is 2. The van der Waals surface area contributed by atoms with Gasteiger partial charge in [0.25, 0.3) is 0 Å². The summed E-state index contributed by atoms with van der Waals surface area (Å²) >= 11 is 1.75. The molecule has 2 heterocycles. The van der Waals surface area contributed by atoms with Crippen LogP contribution in [0, 0.1) is 0 Å². The fourth-order valence-electron chi connectivity index (χ4n) is 5.19. The van der Waals surface area contributed by atoms with Crippen molar-refractivity contribution in [1.29, 1.82) is 0 Å². The molecule has 0 saturated heterocycles. The molecule has 33 heavy (non-hydrogen) atoms. The molecule has 1 fully saturated rings. The van der Waals surface area contributed by atoms with Crippen LogP contribution in [-0.4, -0.2) is 28.4 Å². The van der Waals surface area contributed by atoms with Crippen LogP contribution < -0.4 is 10.6 Å². The van der Waals surface area contributed by atoms with E-state index in [-0.39, 0.29) is 11.6 Å². The lowest BCUT2D eigenvalue weighted by Crippen LogP contribution is -2.44. The molecule has 0 spiro atoms. The molecule has 1 aromatic carbocycles. The van der Waals surface area contributed by atoms with Gasteiger partial charge in [-0.25, -0.2) is 9.78 Å². The van der Waals surface area contributed by atoms with Crippen LogP contribution in [0.3, 0.4) is 0 Å². The van der Waals surface area contributed by atoms with Gasteiger partial charge in [-0.2, -0.15) is 0 Å². The van der Waals surface area contributed by atoms with Gasteiger partial charge in [0.05, 0.1) is 5.54 Å². The predicted molar refractivity (Wildman–Crippen MR) is 140 cm³/mol. The molecular formula is C27H36N4OS. The van der Waals surface area contributed by atoms with Gasteiger partial charge >= 0.3 is 6.03 Å². The first-order valence-corrected chi connectivity index (χ1v) is 13.3. The van der Waals surface area contributed by atoms with Crippen LogP contribution in [0.2, 0.25) is 0 Å². The summed E-state index contributed by atoms with van der Waals surface area (Å²) in [6.07, 6.45) is 10.6. The number of anilines is 1. The Morgan fingerprint density at radius 2 is 1.76 bits per heavy atom. The lowest BCUT2D eigenvalue weighted by Gasteiger charge is -2.32. The molecule has 1 aliphatic rings. The maximum absolute atomic E-state index is 13.2. The van der Waals surface area contributed by atoms with E-state index in [0.717, 1.165) is 37.0 Å². The van der Waals surface area contributed by atoms with Crippen molar-refractivity contribution in [2.75, 3.05) is 18.1 Å². The standard InChI is InChI=1S/C27H36N4OS/c1-18(2)20-10-8-11-21(19(3)4)24(20)30-26(32)29-17-27(13-6-7-14-27)31-16-23(33-5)22-12-9-15-28-25(22)31/h8-12,15-16,18-19H,6-7,13-14,17H2,1-5H3,(H2,29,30,32). The summed E-state index contributed by atoms with van der Waals surface area (Å²) in [6, 6.07) is 10.3. The number of nitrogens with zero attached hydrogens (tertiary/aromatic N) is 2. The van der Waals surface area contributed by atoms with Crippen LogP contribution >= 0.6 is 11.8 Å². The van der Waals surface area contributed by atoms with E-state index in [1.807, 2.05) is 12.3 Å². The summed E-state index contributed by atoms with van der Waals surface area (Å²) in [4.78, 5) is 19.1. The zero-order valence-electron chi connectivity index (χ0n) is 20.4. The van der Waals surface area contributed by atoms with Crippen LogP contribution in [0.15, 0.2) is 47.6 Å². The fraction of sp³-hybridized carbons (Fsp3) is 0.481. The van der Waals surface area contributed by atoms with E-state index in [1.54, 1.807) is 11.8 Å². The topological polar surface area (TPSA) is 59.0 Å². The minimum Gasteiger partial charge on any atom is -0.335 e. The second kappa shape index (κ2) is 9.80. The van der Waals surface area contributed by atoms with Crippen molar-refractivity contribution in [3.05, 3.63) is 53.9 Å². The van der Waals surface area contributed by atoms with Gasteiger partial charge < -0.3 is 15.2 Å². The molecule has 176 valence electrons. The normalized spacial score (nSPS) is 15.5. The third-order valence-corrected chi connectivity index (χ3v) is 7.75. The van der Waals surface area contributed by atoms with Crippen LogP contribution in [0.1, 0.15) is 76.3 Å². The zero-order valence-corrected chi connectivity index (χ0v) is 21.3. The van der Waals surface area contributed by atoms with E-state index in [0.29, 0.717) is 18.4 Å². The zero-order chi connectivity index (χ0) is 23.6. The molecule has 2 aromatic heterocycles. The number of carbonyl (C=O) groups excluding carboxylic acids is 1. The Bertz CT molecular complexity index is 1100. The second-order valence-corrected chi connectivity index (χ2v) is 10.7. The number of carbonyl (C=O) groups is 1. The van der Waals surface area contributed by atoms with Crippen molar-refractivity contribution in [2.24, 2.45) is 0 Å². The lowest BCUT2D eigenvalue weighted by atomic mass is 9.92. The Morgan fingerprint density at radius 1 is 1.09 bits per heavy atom. The highest BCUT2D eigenvalue weighted by atomic mass is 32.2. The number of fused-ring (bicyclic) bond motifs is 1. The highest BCUT2D eigenvalue weighted by Crippen LogP contribution is 2.41. The van der Waals surface area contributed by atoms with E-state index in [9.17, 15) is 4.79 Å². The van der Waals surface area contributed by atoms with Crippen molar-refractivity contribution in [1.82, 2.24) is 14.9 Å². The summed E-state index contributed by atoms with van der Waals surface area (Å²) in [6.45, 7) is 9.27. The lowest BCUT2D eigenvalue weighted by molar-refractivity contribution is 0.239. The van der Waals surface area contributed by atoms with Gasteiger partial charge in [0.1, 0.15) is 5.65 Å². The van der Waals surface area contributed by atoms with Crippen LogP contribution in [0.25, 0.3) is 11.0 Å². The van der Waals surface area contributed by atoms with Gasteiger partial charge in [0.15, 0.2) is 0 Å². The highest BCUT2D eigenvalue weighted by Gasteiger charge is 2.37. The predicted octanol–water partition coefficient (Wildman–Crippen LogP) is 7.10. The van der Waals surface area contributed by atoms with Crippen molar-refractivity contribution in [3.8, 4) is 0 Å². The first-order valence-electron chi connectivity index (χ1n) is 12.0. The quantitative estimate of drug-likeness (QED) is 0.367. The van der Waals surface area contributed by atoms with Gasteiger partial charge in [-0.1, -0.05) is 58.7 Å². The summed E-state index contributed by atoms with van der Waals surface area (Å²) in [7, 11) is 0. The third kappa shape index (κ3) is 4.63. The monoisotopic (exact) mass is 464 g/mol. The largest absolute Gasteiger partial charge is 0.335 e. The van der Waals surface area contributed by atoms with Gasteiger partial charge in [0, 0.05) is 34.9 Å². The maximum Gasteiger partial charge on any atom is 0.319 e. The first-order chi connectivity index (χ1) is 15.9. The number of amides is 2. The Kier molecular flexibility index (Phi) is 7.03. The summed E-state index contributed by atoms with van der Waals surface area (Å²) in [5.41, 5.74) is 4.18. The molecule has 3 aromatic rings. The van der Waals surface area contributed by atoms with Crippen molar-refractivity contribution in [2.45, 2.75) is 75.6 Å². The number of hydrogen-bond acceptors (Lipinski definition) is 3. The average Bonchev–Trinajstić information content (AvgIpc) is 3.43. The van der Waals surface area contributed by atoms with E-state index < -0.39 is 0 Å². The molecule has 4 rings (SSSR count). The molecule has 0 radical (unpaired) electrons. The van der Waals surface area contributed by atoms with Crippen LogP contribution in [-0.2, 0) is 5.54 Å². The fourth-order valence-corrected chi connectivity index (χ4v) is 5.78. The third-order valence-electron chi connectivity index (χ3n) is 6.98. The first kappa shape index (κ1) is 23.7. The van der Waals surface area contributed by atoms with E-state index in [1.165, 1.54) is 21.4 Å². The van der Waals surface area contributed by atoms with Crippen LogP contribution in [0.5, 0.6) is 0 Å². The molecule has 0 atom stereocenters. The summed E-state index contributed by atoms with van der Waals surface area (Å²) in [5, 5.41) is 7.63. The summed E-state index contributed by atoms with van der Waals surface area (Å²) < 4.78 is 2.34. The number of aromatic nitrogens is 2. The highest BCUT2D eigenvalue weighted by molar-refractivity contribution is 7.98. The maximum atomic E-state index is 13.2. The second-order valence-electron chi connectivity index (χ2n) is 9.80. The Balaban J connectivity index is 1.59. The van der Waals surface area contributed by atoms with Gasteiger partial charge in [-0.3, -0.25) is 0 Å². The van der Waals surface area contributed by atoms with Gasteiger partial charge in [0.2, 0.25) is 0 Å². The Morgan fingerprint density at radius 3 is 2.36 bits per heavy atom.